The fourth-order valence-electron chi connectivity index (χ4n) is 4.35. The maximum Gasteiger partial charge on any atom is 0.251 e. The molecule has 3 rings (SSSR count). The molecule has 1 amide bonds. The number of piperazine rings is 1. The number of amides is 1. The van der Waals surface area contributed by atoms with Crippen LogP contribution in [0.4, 0.5) is 5.82 Å². The zero-order chi connectivity index (χ0) is 25.9. The summed E-state index contributed by atoms with van der Waals surface area (Å²) in [6, 6.07) is 9.80. The lowest BCUT2D eigenvalue weighted by Gasteiger charge is -2.34. The summed E-state index contributed by atoms with van der Waals surface area (Å²) in [4.78, 5) is 28.9. The third-order valence-corrected chi connectivity index (χ3v) is 7.88. The number of nitrogens with one attached hydrogen (secondary N) is 1. The number of likely N-dealkylation sites (N-methyl/N-ethyl adjacent to an activating group) is 1. The monoisotopic (exact) mass is 532 g/mol. The number of hydrogen-bond donors (Lipinski definition) is 1. The number of nitrogens with zero attached hydrogens (tertiary/aromatic N) is 5. The van der Waals surface area contributed by atoms with E-state index < -0.39 is 0 Å². The fraction of sp³-hybridized carbons (Fsp3) is 0.593. The van der Waals surface area contributed by atoms with E-state index in [-0.39, 0.29) is 11.9 Å². The molecule has 1 atom stereocenters. The van der Waals surface area contributed by atoms with E-state index in [1.807, 2.05) is 30.3 Å². The maximum absolute atomic E-state index is 12.7. The fourth-order valence-corrected chi connectivity index (χ4v) is 5.38. The van der Waals surface area contributed by atoms with Gasteiger partial charge in [0.25, 0.3) is 5.91 Å². The number of halogens is 1. The summed E-state index contributed by atoms with van der Waals surface area (Å²) in [6.45, 7) is 16.9. The summed E-state index contributed by atoms with van der Waals surface area (Å²) >= 11 is 7.88. The summed E-state index contributed by atoms with van der Waals surface area (Å²) in [5.74, 6) is 1.59. The highest BCUT2D eigenvalue weighted by Crippen LogP contribution is 2.25. The molecule has 0 spiro atoms. The zero-order valence-electron chi connectivity index (χ0n) is 22.2. The van der Waals surface area contributed by atoms with Crippen molar-refractivity contribution in [1.82, 2.24) is 25.1 Å². The van der Waals surface area contributed by atoms with Gasteiger partial charge in [0.05, 0.1) is 0 Å². The third kappa shape index (κ3) is 8.91. The van der Waals surface area contributed by atoms with Gasteiger partial charge in [0, 0.05) is 49.6 Å². The van der Waals surface area contributed by atoms with E-state index in [0.29, 0.717) is 21.6 Å². The lowest BCUT2D eigenvalue weighted by Crippen LogP contribution is -2.46. The van der Waals surface area contributed by atoms with Gasteiger partial charge in [-0.2, -0.15) is 0 Å². The number of benzene rings is 1. The number of rotatable bonds is 13. The van der Waals surface area contributed by atoms with Gasteiger partial charge in [-0.05, 0) is 63.6 Å². The minimum absolute atomic E-state index is 0.0180. The van der Waals surface area contributed by atoms with E-state index in [0.717, 1.165) is 76.6 Å². The summed E-state index contributed by atoms with van der Waals surface area (Å²) in [6.07, 6.45) is 2.06. The van der Waals surface area contributed by atoms with Crippen molar-refractivity contribution in [1.29, 1.82) is 0 Å². The van der Waals surface area contributed by atoms with Crippen LogP contribution < -0.4 is 10.2 Å². The Balaban J connectivity index is 1.48. The van der Waals surface area contributed by atoms with Crippen molar-refractivity contribution < 1.29 is 4.79 Å². The topological polar surface area (TPSA) is 64.6 Å². The molecule has 1 N–H and O–H groups in total. The number of carbonyl (C=O) groups is 1. The van der Waals surface area contributed by atoms with Gasteiger partial charge in [0.2, 0.25) is 0 Å². The molecule has 1 unspecified atom stereocenters. The van der Waals surface area contributed by atoms with Crippen LogP contribution in [0.25, 0.3) is 0 Å². The van der Waals surface area contributed by atoms with Crippen LogP contribution in [0.1, 0.15) is 56.5 Å². The standard InChI is InChI=1S/C27H41ClN6OS/c1-5-32(6-2)14-8-9-21(4)29-26(35)23-12-10-22(11-13-23)20-36-27-30-24(28)19-25(31-27)34-17-15-33(7-3)16-18-34/h10-13,19,21H,5-9,14-18,20H2,1-4H3,(H,29,35). The van der Waals surface area contributed by atoms with Crippen molar-refractivity contribution >= 4 is 35.1 Å². The molecule has 1 aromatic heterocycles. The van der Waals surface area contributed by atoms with Crippen molar-refractivity contribution in [2.75, 3.05) is 57.3 Å². The first-order valence-electron chi connectivity index (χ1n) is 13.2. The first kappa shape index (κ1) is 28.7. The molecular weight excluding hydrogens is 492 g/mol. The van der Waals surface area contributed by atoms with E-state index in [4.69, 9.17) is 16.6 Å². The van der Waals surface area contributed by atoms with Crippen LogP contribution in [-0.2, 0) is 5.75 Å². The predicted octanol–water partition coefficient (Wildman–Crippen LogP) is 4.80. The molecule has 1 fully saturated rings. The second kappa shape index (κ2) is 14.8. The van der Waals surface area contributed by atoms with E-state index in [1.165, 1.54) is 0 Å². The quantitative estimate of drug-likeness (QED) is 0.226. The smallest absolute Gasteiger partial charge is 0.251 e. The Bertz CT molecular complexity index is 948. The minimum Gasteiger partial charge on any atom is -0.354 e. The Labute approximate surface area is 226 Å². The van der Waals surface area contributed by atoms with E-state index in [2.05, 4.69) is 52.7 Å². The van der Waals surface area contributed by atoms with E-state index in [9.17, 15) is 4.79 Å². The first-order valence-corrected chi connectivity index (χ1v) is 14.5. The Morgan fingerprint density at radius 3 is 2.44 bits per heavy atom. The van der Waals surface area contributed by atoms with Crippen LogP contribution in [0.5, 0.6) is 0 Å². The molecule has 1 aliphatic heterocycles. The Morgan fingerprint density at radius 1 is 1.11 bits per heavy atom. The third-order valence-electron chi connectivity index (χ3n) is 6.77. The van der Waals surface area contributed by atoms with E-state index in [1.54, 1.807) is 11.8 Å². The lowest BCUT2D eigenvalue weighted by atomic mass is 10.1. The van der Waals surface area contributed by atoms with Gasteiger partial charge in [-0.1, -0.05) is 56.3 Å². The number of thioether (sulfide) groups is 1. The van der Waals surface area contributed by atoms with Gasteiger partial charge >= 0.3 is 0 Å². The minimum atomic E-state index is -0.0180. The lowest BCUT2D eigenvalue weighted by molar-refractivity contribution is 0.0937. The second-order valence-corrected chi connectivity index (χ2v) is 10.6. The molecule has 0 radical (unpaired) electrons. The SMILES string of the molecule is CCN(CC)CCCC(C)NC(=O)c1ccc(CSc2nc(Cl)cc(N3CCN(CC)CC3)n2)cc1. The molecule has 9 heteroatoms. The molecule has 0 bridgehead atoms. The van der Waals surface area contributed by atoms with Crippen LogP contribution in [0.15, 0.2) is 35.5 Å². The molecule has 2 aromatic rings. The van der Waals surface area contributed by atoms with Crippen LogP contribution in [0.3, 0.4) is 0 Å². The molecule has 7 nitrogen and oxygen atoms in total. The number of aromatic nitrogens is 2. The Kier molecular flexibility index (Phi) is 11.8. The van der Waals surface area contributed by atoms with Crippen molar-refractivity contribution in [2.45, 2.75) is 57.5 Å². The maximum atomic E-state index is 12.7. The largest absolute Gasteiger partial charge is 0.354 e. The van der Waals surface area contributed by atoms with Crippen molar-refractivity contribution in [3.63, 3.8) is 0 Å². The molecule has 0 aliphatic carbocycles. The number of hydrogen-bond acceptors (Lipinski definition) is 7. The normalized spacial score (nSPS) is 15.3. The number of carbonyl (C=O) groups excluding carboxylic acids is 1. The summed E-state index contributed by atoms with van der Waals surface area (Å²) < 4.78 is 0. The van der Waals surface area contributed by atoms with E-state index >= 15 is 0 Å². The Morgan fingerprint density at radius 2 is 1.81 bits per heavy atom. The molecular formula is C27H41ClN6OS. The zero-order valence-corrected chi connectivity index (χ0v) is 23.7. The second-order valence-electron chi connectivity index (χ2n) is 9.28. The highest BCUT2D eigenvalue weighted by Gasteiger charge is 2.18. The van der Waals surface area contributed by atoms with Crippen molar-refractivity contribution in [3.8, 4) is 0 Å². The first-order chi connectivity index (χ1) is 17.4. The molecule has 0 saturated carbocycles. The van der Waals surface area contributed by atoms with Crippen LogP contribution in [-0.4, -0.2) is 84.1 Å². The van der Waals surface area contributed by atoms with Crippen LogP contribution in [0.2, 0.25) is 5.15 Å². The summed E-state index contributed by atoms with van der Waals surface area (Å²) in [7, 11) is 0. The van der Waals surface area contributed by atoms with Gasteiger partial charge in [-0.25, -0.2) is 9.97 Å². The van der Waals surface area contributed by atoms with Gasteiger partial charge in [0.15, 0.2) is 5.16 Å². The molecule has 198 valence electrons. The molecule has 1 saturated heterocycles. The highest BCUT2D eigenvalue weighted by molar-refractivity contribution is 7.98. The summed E-state index contributed by atoms with van der Waals surface area (Å²) in [5.41, 5.74) is 1.80. The molecule has 36 heavy (non-hydrogen) atoms. The van der Waals surface area contributed by atoms with Crippen LogP contribution >= 0.6 is 23.4 Å². The van der Waals surface area contributed by atoms with Crippen molar-refractivity contribution in [2.24, 2.45) is 0 Å². The van der Waals surface area contributed by atoms with Gasteiger partial charge < -0.3 is 20.0 Å². The molecule has 2 heterocycles. The number of anilines is 1. The Hall–Kier alpha value is -1.87. The predicted molar refractivity (Wildman–Crippen MR) is 151 cm³/mol. The average molecular weight is 533 g/mol. The van der Waals surface area contributed by atoms with Crippen LogP contribution in [0, 0.1) is 0 Å². The van der Waals surface area contributed by atoms with Gasteiger partial charge in [-0.15, -0.1) is 0 Å². The molecule has 1 aromatic carbocycles. The van der Waals surface area contributed by atoms with Crippen molar-refractivity contribution in [3.05, 3.63) is 46.6 Å². The molecule has 1 aliphatic rings. The summed E-state index contributed by atoms with van der Waals surface area (Å²) in [5, 5.41) is 4.28. The average Bonchev–Trinajstić information content (AvgIpc) is 2.90. The highest BCUT2D eigenvalue weighted by atomic mass is 35.5. The van der Waals surface area contributed by atoms with Gasteiger partial charge in [-0.3, -0.25) is 4.79 Å². The van der Waals surface area contributed by atoms with Gasteiger partial charge in [0.1, 0.15) is 11.0 Å².